The Labute approximate surface area is 144 Å². The maximum Gasteiger partial charge on any atom is 0.220 e. The molecule has 124 valence electrons. The smallest absolute Gasteiger partial charge is 0.220 e. The quantitative estimate of drug-likeness (QED) is 0.763. The van der Waals surface area contributed by atoms with Crippen LogP contribution < -0.4 is 11.1 Å². The van der Waals surface area contributed by atoms with Crippen LogP contribution in [-0.4, -0.2) is 22.0 Å². The molecule has 0 aliphatic heterocycles. The Balaban J connectivity index is 2.28. The average Bonchev–Trinajstić information content (AvgIpc) is 2.62. The van der Waals surface area contributed by atoms with E-state index in [0.29, 0.717) is 28.3 Å². The maximum atomic E-state index is 14.4. The number of nitrogens with one attached hydrogen (secondary N) is 1. The number of halogens is 1. The van der Waals surface area contributed by atoms with Crippen molar-refractivity contribution in [2.24, 2.45) is 0 Å². The Bertz CT molecular complexity index is 976. The summed E-state index contributed by atoms with van der Waals surface area (Å²) in [5, 5.41) is 12.0. The van der Waals surface area contributed by atoms with Gasteiger partial charge in [0.2, 0.25) is 5.95 Å². The van der Waals surface area contributed by atoms with E-state index in [1.165, 1.54) is 18.2 Å². The fourth-order valence-electron chi connectivity index (χ4n) is 2.60. The highest BCUT2D eigenvalue weighted by molar-refractivity contribution is 5.83. The van der Waals surface area contributed by atoms with Gasteiger partial charge >= 0.3 is 0 Å². The number of nitrogen functional groups attached to an aromatic ring is 1. The van der Waals surface area contributed by atoms with Gasteiger partial charge in [-0.1, -0.05) is 0 Å². The third-order valence-electron chi connectivity index (χ3n) is 3.77. The molecule has 3 N–H and O–H groups in total. The van der Waals surface area contributed by atoms with Gasteiger partial charge in [-0.15, -0.1) is 0 Å². The number of aryl methyl sites for hydroxylation is 1. The number of nitrogens with two attached hydrogens (primary N) is 1. The van der Waals surface area contributed by atoms with Crippen LogP contribution in [0.3, 0.4) is 0 Å². The lowest BCUT2D eigenvalue weighted by Crippen LogP contribution is -2.04. The molecule has 0 bridgehead atoms. The second-order valence-electron chi connectivity index (χ2n) is 5.38. The molecule has 0 amide bonds. The molecular weight excluding hydrogens is 319 g/mol. The first-order valence-corrected chi connectivity index (χ1v) is 7.51. The van der Waals surface area contributed by atoms with Crippen molar-refractivity contribution in [3.8, 4) is 28.5 Å². The minimum Gasteiger partial charge on any atom is -0.373 e. The molecule has 0 saturated carbocycles. The standard InChI is InChI=1S/C18H15FN6/c1-10-16(12-4-6-15(22-2)23-9-12)17(25-18(21)24-10)13-7-11(8-20)3-5-14(13)19/h3-7,9H,1-2H3,(H,22,23)(H2,21,24,25). The van der Waals surface area contributed by atoms with Gasteiger partial charge in [0.1, 0.15) is 11.6 Å². The fraction of sp³-hybridized carbons (Fsp3) is 0.111. The van der Waals surface area contributed by atoms with E-state index in [0.717, 1.165) is 5.56 Å². The summed E-state index contributed by atoms with van der Waals surface area (Å²) < 4.78 is 14.4. The van der Waals surface area contributed by atoms with E-state index < -0.39 is 5.82 Å². The van der Waals surface area contributed by atoms with Gasteiger partial charge in [-0.25, -0.2) is 19.3 Å². The second-order valence-corrected chi connectivity index (χ2v) is 5.38. The highest BCUT2D eigenvalue weighted by atomic mass is 19.1. The first kappa shape index (κ1) is 16.3. The molecule has 0 spiro atoms. The number of nitrogens with zero attached hydrogens (tertiary/aromatic N) is 4. The molecule has 0 unspecified atom stereocenters. The number of pyridine rings is 1. The Morgan fingerprint density at radius 2 is 2.00 bits per heavy atom. The number of benzene rings is 1. The highest BCUT2D eigenvalue weighted by Crippen LogP contribution is 2.34. The third kappa shape index (κ3) is 3.10. The molecule has 0 fully saturated rings. The molecule has 7 heteroatoms. The van der Waals surface area contributed by atoms with Crippen molar-refractivity contribution in [2.45, 2.75) is 6.92 Å². The SMILES string of the molecule is CNc1ccc(-c2c(C)nc(N)nc2-c2cc(C#N)ccc2F)cn1. The summed E-state index contributed by atoms with van der Waals surface area (Å²) in [6, 6.07) is 9.77. The lowest BCUT2D eigenvalue weighted by atomic mass is 9.97. The molecule has 0 aliphatic carbocycles. The van der Waals surface area contributed by atoms with Crippen molar-refractivity contribution in [3.63, 3.8) is 0 Å². The number of rotatable bonds is 3. The van der Waals surface area contributed by atoms with E-state index in [9.17, 15) is 4.39 Å². The van der Waals surface area contributed by atoms with E-state index in [4.69, 9.17) is 11.0 Å². The van der Waals surface area contributed by atoms with Gasteiger partial charge in [-0.3, -0.25) is 0 Å². The van der Waals surface area contributed by atoms with Crippen molar-refractivity contribution >= 4 is 11.8 Å². The Morgan fingerprint density at radius 3 is 2.64 bits per heavy atom. The molecule has 1 aromatic carbocycles. The molecule has 0 aliphatic rings. The van der Waals surface area contributed by atoms with Gasteiger partial charge in [0, 0.05) is 29.9 Å². The lowest BCUT2D eigenvalue weighted by Gasteiger charge is -2.13. The number of nitriles is 1. The summed E-state index contributed by atoms with van der Waals surface area (Å²) in [7, 11) is 1.77. The van der Waals surface area contributed by atoms with Crippen molar-refractivity contribution in [2.75, 3.05) is 18.1 Å². The first-order valence-electron chi connectivity index (χ1n) is 7.51. The van der Waals surface area contributed by atoms with Crippen LogP contribution in [-0.2, 0) is 0 Å². The highest BCUT2D eigenvalue weighted by Gasteiger charge is 2.18. The molecule has 2 aromatic heterocycles. The van der Waals surface area contributed by atoms with E-state index >= 15 is 0 Å². The Hall–Kier alpha value is -3.53. The van der Waals surface area contributed by atoms with Crippen LogP contribution in [0, 0.1) is 24.1 Å². The zero-order chi connectivity index (χ0) is 18.0. The molecule has 0 saturated heterocycles. The molecule has 0 radical (unpaired) electrons. The van der Waals surface area contributed by atoms with Crippen LogP contribution in [0.15, 0.2) is 36.5 Å². The molecule has 3 rings (SSSR count). The van der Waals surface area contributed by atoms with Crippen molar-refractivity contribution < 1.29 is 4.39 Å². The number of hydrogen-bond acceptors (Lipinski definition) is 6. The molecule has 2 heterocycles. The zero-order valence-electron chi connectivity index (χ0n) is 13.7. The minimum absolute atomic E-state index is 0.0396. The van der Waals surface area contributed by atoms with E-state index in [1.807, 2.05) is 12.1 Å². The van der Waals surface area contributed by atoms with E-state index in [1.54, 1.807) is 26.2 Å². The average molecular weight is 334 g/mol. The largest absolute Gasteiger partial charge is 0.373 e. The molecule has 0 atom stereocenters. The molecule has 3 aromatic rings. The summed E-state index contributed by atoms with van der Waals surface area (Å²) >= 11 is 0. The van der Waals surface area contributed by atoms with Crippen LogP contribution in [0.2, 0.25) is 0 Å². The summed E-state index contributed by atoms with van der Waals surface area (Å²) in [5.74, 6) is 0.257. The predicted molar refractivity (Wildman–Crippen MR) is 94.1 cm³/mol. The second kappa shape index (κ2) is 6.53. The van der Waals surface area contributed by atoms with Crippen LogP contribution >= 0.6 is 0 Å². The third-order valence-corrected chi connectivity index (χ3v) is 3.77. The maximum absolute atomic E-state index is 14.4. The summed E-state index contributed by atoms with van der Waals surface area (Å²) in [4.78, 5) is 12.7. The number of anilines is 2. The summed E-state index contributed by atoms with van der Waals surface area (Å²) in [6.07, 6.45) is 1.66. The molecule has 25 heavy (non-hydrogen) atoms. The lowest BCUT2D eigenvalue weighted by molar-refractivity contribution is 0.630. The summed E-state index contributed by atoms with van der Waals surface area (Å²) in [5.41, 5.74) is 8.59. The van der Waals surface area contributed by atoms with Crippen molar-refractivity contribution in [1.29, 1.82) is 5.26 Å². The normalized spacial score (nSPS) is 10.3. The van der Waals surface area contributed by atoms with Gasteiger partial charge < -0.3 is 11.1 Å². The van der Waals surface area contributed by atoms with E-state index in [2.05, 4.69) is 20.3 Å². The minimum atomic E-state index is -0.488. The van der Waals surface area contributed by atoms with Crippen molar-refractivity contribution in [1.82, 2.24) is 15.0 Å². The first-order chi connectivity index (χ1) is 12.0. The summed E-state index contributed by atoms with van der Waals surface area (Å²) in [6.45, 7) is 1.77. The van der Waals surface area contributed by atoms with Gasteiger partial charge in [-0.05, 0) is 37.3 Å². The monoisotopic (exact) mass is 334 g/mol. The molecular formula is C18H15FN6. The van der Waals surface area contributed by atoms with Crippen LogP contribution in [0.4, 0.5) is 16.2 Å². The van der Waals surface area contributed by atoms with Crippen molar-refractivity contribution in [3.05, 3.63) is 53.6 Å². The van der Waals surface area contributed by atoms with Gasteiger partial charge in [0.25, 0.3) is 0 Å². The van der Waals surface area contributed by atoms with Gasteiger partial charge in [0.05, 0.1) is 23.0 Å². The van der Waals surface area contributed by atoms with E-state index in [-0.39, 0.29) is 11.5 Å². The predicted octanol–water partition coefficient (Wildman–Crippen LogP) is 3.15. The fourth-order valence-corrected chi connectivity index (χ4v) is 2.60. The number of aromatic nitrogens is 3. The number of hydrogen-bond donors (Lipinski definition) is 2. The zero-order valence-corrected chi connectivity index (χ0v) is 13.7. The van der Waals surface area contributed by atoms with Gasteiger partial charge in [-0.2, -0.15) is 5.26 Å². The Morgan fingerprint density at radius 1 is 1.20 bits per heavy atom. The Kier molecular flexibility index (Phi) is 4.27. The topological polar surface area (TPSA) is 101 Å². The van der Waals surface area contributed by atoms with Crippen LogP contribution in [0.25, 0.3) is 22.4 Å². The van der Waals surface area contributed by atoms with Crippen LogP contribution in [0.5, 0.6) is 0 Å². The molecule has 6 nitrogen and oxygen atoms in total. The van der Waals surface area contributed by atoms with Crippen LogP contribution in [0.1, 0.15) is 11.3 Å². The van der Waals surface area contributed by atoms with Gasteiger partial charge in [0.15, 0.2) is 0 Å².